The van der Waals surface area contributed by atoms with Gasteiger partial charge in [0.15, 0.2) is 0 Å². The van der Waals surface area contributed by atoms with Crippen LogP contribution < -0.4 is 9.47 Å². The number of ether oxygens (including phenoxy) is 2. The number of halogens is 1. The summed E-state index contributed by atoms with van der Waals surface area (Å²) in [5.74, 6) is 1.10. The van der Waals surface area contributed by atoms with E-state index >= 15 is 0 Å². The number of methoxy groups -OCH3 is 2. The molecule has 7 heteroatoms. The molecule has 35 heavy (non-hydrogen) atoms. The summed E-state index contributed by atoms with van der Waals surface area (Å²) in [6.45, 7) is -5.82. The van der Waals surface area contributed by atoms with Gasteiger partial charge in [0.1, 0.15) is 0 Å². The van der Waals surface area contributed by atoms with Crippen molar-refractivity contribution in [3.8, 4) is 11.5 Å². The van der Waals surface area contributed by atoms with Crippen LogP contribution in [0.3, 0.4) is 0 Å². The fourth-order valence-corrected chi connectivity index (χ4v) is 17.5. The fraction of sp³-hybridized carbons (Fsp3) is 0.0714. The standard InChI is InChI=1S/C28H25IO5S/c1-33-27-23-15-9-10-16-24(23)28(34-2)26-19-22(17-18-25(26)27)35(30,31,32)29(20-11-5-3-6-12-20)21-13-7-4-8-14-21/h3-19H,1-2H3,(H2,30,31,32)/p-2. The molecule has 0 aliphatic heterocycles. The third-order valence-electron chi connectivity index (χ3n) is 5.81. The Kier molecular flexibility index (Phi) is 6.04. The van der Waals surface area contributed by atoms with Gasteiger partial charge in [-0.2, -0.15) is 0 Å². The third kappa shape index (κ3) is 3.98. The van der Waals surface area contributed by atoms with Crippen molar-refractivity contribution in [2.24, 2.45) is 0 Å². The van der Waals surface area contributed by atoms with E-state index in [2.05, 4.69) is 0 Å². The maximum atomic E-state index is 14.2. The maximum absolute atomic E-state index is 14.2. The first-order valence-electron chi connectivity index (χ1n) is 10.8. The van der Waals surface area contributed by atoms with E-state index < -0.39 is 25.2 Å². The molecule has 0 radical (unpaired) electrons. The Hall–Kier alpha value is -2.98. The SMILES string of the molecule is COc1c2ccccc2c(OC)c2cc(S(=O)([O-])([O-])I(c3ccccc3)c3ccccc3)ccc12. The van der Waals surface area contributed by atoms with E-state index in [-0.39, 0.29) is 4.90 Å². The predicted molar refractivity (Wildman–Crippen MR) is 147 cm³/mol. The van der Waals surface area contributed by atoms with Crippen LogP contribution in [0.4, 0.5) is 0 Å². The van der Waals surface area contributed by atoms with Crippen molar-refractivity contribution in [2.75, 3.05) is 14.2 Å². The topological polar surface area (TPSA) is 81.7 Å². The Morgan fingerprint density at radius 3 is 1.51 bits per heavy atom. The minimum absolute atomic E-state index is 0.247. The van der Waals surface area contributed by atoms with Crippen molar-refractivity contribution in [3.63, 3.8) is 0 Å². The number of benzene rings is 5. The summed E-state index contributed by atoms with van der Waals surface area (Å²) in [4.78, 5) is -0.247. The van der Waals surface area contributed by atoms with Gasteiger partial charge in [0.25, 0.3) is 0 Å². The molecule has 0 aliphatic rings. The second-order valence-electron chi connectivity index (χ2n) is 7.88. The molecule has 0 unspecified atom stereocenters. The molecule has 0 spiro atoms. The van der Waals surface area contributed by atoms with E-state index in [4.69, 9.17) is 9.47 Å². The molecule has 0 atom stereocenters. The Bertz CT molecular complexity index is 1560. The van der Waals surface area contributed by atoms with Gasteiger partial charge in [0.05, 0.1) is 0 Å². The van der Waals surface area contributed by atoms with Gasteiger partial charge in [0.2, 0.25) is 0 Å². The average molecular weight is 598 g/mol. The number of hydrogen-bond acceptors (Lipinski definition) is 5. The zero-order valence-corrected chi connectivity index (χ0v) is 22.1. The van der Waals surface area contributed by atoms with Crippen molar-refractivity contribution < 1.29 is 22.8 Å². The van der Waals surface area contributed by atoms with E-state index in [9.17, 15) is 13.3 Å². The minimum atomic E-state index is -5.82. The van der Waals surface area contributed by atoms with Gasteiger partial charge >= 0.3 is 210 Å². The molecule has 5 aromatic rings. The predicted octanol–water partition coefficient (Wildman–Crippen LogP) is 6.61. The van der Waals surface area contributed by atoms with Crippen LogP contribution >= 0.6 is 18.4 Å². The van der Waals surface area contributed by atoms with E-state index in [1.165, 1.54) is 19.2 Å². The Morgan fingerprint density at radius 2 is 1.03 bits per heavy atom. The van der Waals surface area contributed by atoms with Crippen LogP contribution in [-0.2, 0) is 6.80 Å². The van der Waals surface area contributed by atoms with Gasteiger partial charge in [0, 0.05) is 0 Å². The van der Waals surface area contributed by atoms with Crippen molar-refractivity contribution in [3.05, 3.63) is 110 Å². The van der Waals surface area contributed by atoms with Crippen LogP contribution in [0.1, 0.15) is 0 Å². The molecular weight excluding hydrogens is 575 g/mol. The first-order chi connectivity index (χ1) is 16.8. The van der Waals surface area contributed by atoms with Crippen LogP contribution in [0.2, 0.25) is 0 Å². The molecule has 0 N–H and O–H groups in total. The average Bonchev–Trinajstić information content (AvgIpc) is 2.87. The van der Waals surface area contributed by atoms with Crippen molar-refractivity contribution in [1.29, 1.82) is 0 Å². The monoisotopic (exact) mass is 598 g/mol. The molecule has 0 saturated carbocycles. The Morgan fingerprint density at radius 1 is 0.600 bits per heavy atom. The van der Waals surface area contributed by atoms with Crippen LogP contribution in [0, 0.1) is 7.14 Å². The molecule has 0 fully saturated rings. The summed E-state index contributed by atoms with van der Waals surface area (Å²) in [5, 5.41) is 2.81. The first kappa shape index (κ1) is 23.7. The van der Waals surface area contributed by atoms with Crippen LogP contribution in [0.5, 0.6) is 11.5 Å². The summed E-state index contributed by atoms with van der Waals surface area (Å²) in [5.41, 5.74) is 0. The van der Waals surface area contributed by atoms with E-state index in [1.54, 1.807) is 61.7 Å². The molecule has 5 nitrogen and oxygen atoms in total. The molecular formula is C28H23IO5S-2. The van der Waals surface area contributed by atoms with Crippen LogP contribution in [0.25, 0.3) is 21.5 Å². The van der Waals surface area contributed by atoms with E-state index in [0.717, 1.165) is 10.8 Å². The normalized spacial score (nSPS) is 13.3. The van der Waals surface area contributed by atoms with Gasteiger partial charge in [-0.15, -0.1) is 0 Å². The summed E-state index contributed by atoms with van der Waals surface area (Å²) in [7, 11) is 3.11. The zero-order valence-electron chi connectivity index (χ0n) is 19.1. The Balaban J connectivity index is 1.82. The number of rotatable bonds is 6. The van der Waals surface area contributed by atoms with Crippen LogP contribution in [0.15, 0.2) is 108 Å². The van der Waals surface area contributed by atoms with Gasteiger partial charge in [-0.1, -0.05) is 0 Å². The molecule has 0 aromatic heterocycles. The summed E-state index contributed by atoms with van der Waals surface area (Å²) in [6.07, 6.45) is 0. The van der Waals surface area contributed by atoms with Crippen molar-refractivity contribution >= 4 is 46.8 Å². The third-order valence-corrected chi connectivity index (χ3v) is 19.5. The summed E-state index contributed by atoms with van der Waals surface area (Å²) in [6, 6.07) is 29.7. The second kappa shape index (κ2) is 8.91. The van der Waals surface area contributed by atoms with Gasteiger partial charge in [-0.25, -0.2) is 0 Å². The molecule has 5 aromatic carbocycles. The summed E-state index contributed by atoms with van der Waals surface area (Å²) < 4.78 is 55.3. The van der Waals surface area contributed by atoms with Crippen LogP contribution in [-0.4, -0.2) is 27.5 Å². The van der Waals surface area contributed by atoms with Crippen molar-refractivity contribution in [2.45, 2.75) is 4.90 Å². The van der Waals surface area contributed by atoms with Gasteiger partial charge in [-0.05, 0) is 0 Å². The zero-order chi connectivity index (χ0) is 24.7. The number of fused-ring (bicyclic) bond motifs is 2. The molecule has 0 aliphatic carbocycles. The molecule has 180 valence electrons. The second-order valence-corrected chi connectivity index (χ2v) is 20.3. The van der Waals surface area contributed by atoms with Crippen molar-refractivity contribution in [1.82, 2.24) is 0 Å². The molecule has 0 bridgehead atoms. The van der Waals surface area contributed by atoms with Gasteiger partial charge < -0.3 is 0 Å². The number of hydrogen-bond donors (Lipinski definition) is 0. The molecule has 0 amide bonds. The Labute approximate surface area is 209 Å². The quantitative estimate of drug-likeness (QED) is 0.125. The fourth-order valence-electron chi connectivity index (χ4n) is 4.30. The van der Waals surface area contributed by atoms with E-state index in [1.807, 2.05) is 36.4 Å². The molecule has 0 heterocycles. The first-order valence-corrected chi connectivity index (χ1v) is 17.4. The summed E-state index contributed by atoms with van der Waals surface area (Å²) >= 11 is -3.55. The van der Waals surface area contributed by atoms with Gasteiger partial charge in [-0.3, -0.25) is 0 Å². The molecule has 0 saturated heterocycles. The molecule has 5 rings (SSSR count). The van der Waals surface area contributed by atoms with E-state index in [0.29, 0.717) is 29.4 Å².